The van der Waals surface area contributed by atoms with E-state index in [9.17, 15) is 10.2 Å². The number of rotatable bonds is 5. The average molecular weight is 175 g/mol. The summed E-state index contributed by atoms with van der Waals surface area (Å²) in [4.78, 5) is 0. The fourth-order valence-corrected chi connectivity index (χ4v) is 1.02. The summed E-state index contributed by atoms with van der Waals surface area (Å²) in [5.74, 6) is 0.170. The Bertz CT molecular complexity index is 124. The molecule has 0 radical (unpaired) electrons. The van der Waals surface area contributed by atoms with Crippen LogP contribution in [-0.4, -0.2) is 35.5 Å². The van der Waals surface area contributed by atoms with Crippen molar-refractivity contribution in [2.24, 2.45) is 5.92 Å². The lowest BCUT2D eigenvalue weighted by Gasteiger charge is -2.29. The second-order valence-electron chi connectivity index (χ2n) is 3.93. The maximum absolute atomic E-state index is 9.80. The zero-order valence-electron chi connectivity index (χ0n) is 8.46. The van der Waals surface area contributed by atoms with Gasteiger partial charge in [0.05, 0.1) is 11.7 Å². The van der Waals surface area contributed by atoms with E-state index in [1.54, 1.807) is 14.0 Å². The maximum Gasteiger partial charge on any atom is 0.0691 e. The summed E-state index contributed by atoms with van der Waals surface area (Å²) in [6.07, 6.45) is -0.0432. The van der Waals surface area contributed by atoms with Crippen molar-refractivity contribution >= 4 is 0 Å². The van der Waals surface area contributed by atoms with Crippen LogP contribution in [-0.2, 0) is 0 Å². The third-order valence-electron chi connectivity index (χ3n) is 2.33. The van der Waals surface area contributed by atoms with Crippen LogP contribution in [0.25, 0.3) is 0 Å². The summed E-state index contributed by atoms with van der Waals surface area (Å²) < 4.78 is 0. The van der Waals surface area contributed by atoms with Gasteiger partial charge in [0.2, 0.25) is 0 Å². The molecule has 74 valence electrons. The topological polar surface area (TPSA) is 52.5 Å². The van der Waals surface area contributed by atoms with Gasteiger partial charge in [0.1, 0.15) is 0 Å². The summed E-state index contributed by atoms with van der Waals surface area (Å²) in [6.45, 7) is 6.19. The minimum absolute atomic E-state index is 0.170. The number of aliphatic hydroxyl groups excluding tert-OH is 1. The molecule has 0 bridgehead atoms. The molecule has 2 atom stereocenters. The summed E-state index contributed by atoms with van der Waals surface area (Å²) in [5.41, 5.74) is -0.768. The van der Waals surface area contributed by atoms with Gasteiger partial charge in [0.25, 0.3) is 0 Å². The Morgan fingerprint density at radius 1 is 1.42 bits per heavy atom. The lowest BCUT2D eigenvalue weighted by molar-refractivity contribution is -0.0299. The molecule has 0 aliphatic carbocycles. The van der Waals surface area contributed by atoms with Crippen molar-refractivity contribution in [1.29, 1.82) is 0 Å². The molecule has 0 aromatic heterocycles. The summed E-state index contributed by atoms with van der Waals surface area (Å²) in [7, 11) is 1.79. The highest BCUT2D eigenvalue weighted by Crippen LogP contribution is 2.21. The van der Waals surface area contributed by atoms with E-state index in [-0.39, 0.29) is 5.92 Å². The molecule has 3 nitrogen and oxygen atoms in total. The Kier molecular flexibility index (Phi) is 4.75. The molecule has 0 aliphatic heterocycles. The predicted octanol–water partition coefficient (Wildman–Crippen LogP) is 0.364. The maximum atomic E-state index is 9.80. The molecule has 3 N–H and O–H groups in total. The fourth-order valence-electron chi connectivity index (χ4n) is 1.02. The monoisotopic (exact) mass is 175 g/mol. The van der Waals surface area contributed by atoms with Crippen molar-refractivity contribution in [1.82, 2.24) is 5.32 Å². The van der Waals surface area contributed by atoms with Gasteiger partial charge in [-0.2, -0.15) is 0 Å². The number of likely N-dealkylation sites (N-methyl/N-ethyl adjacent to an activating group) is 1. The van der Waals surface area contributed by atoms with Crippen molar-refractivity contribution in [3.05, 3.63) is 0 Å². The zero-order valence-corrected chi connectivity index (χ0v) is 8.46. The second kappa shape index (κ2) is 4.80. The van der Waals surface area contributed by atoms with Gasteiger partial charge in [-0.15, -0.1) is 0 Å². The number of hydrogen-bond acceptors (Lipinski definition) is 3. The van der Waals surface area contributed by atoms with Crippen LogP contribution < -0.4 is 5.32 Å². The van der Waals surface area contributed by atoms with Gasteiger partial charge in [-0.05, 0) is 19.9 Å². The Morgan fingerprint density at radius 3 is 2.25 bits per heavy atom. The van der Waals surface area contributed by atoms with E-state index in [0.717, 1.165) is 0 Å². The lowest BCUT2D eigenvalue weighted by atomic mass is 9.87. The van der Waals surface area contributed by atoms with Gasteiger partial charge in [0.15, 0.2) is 0 Å². The Balaban J connectivity index is 3.88. The Hall–Kier alpha value is -0.120. The Morgan fingerprint density at radius 2 is 1.92 bits per heavy atom. The molecule has 0 fully saturated rings. The van der Waals surface area contributed by atoms with Crippen molar-refractivity contribution in [2.75, 3.05) is 13.6 Å². The fraction of sp³-hybridized carbons (Fsp3) is 1.00. The third-order valence-corrected chi connectivity index (χ3v) is 2.33. The lowest BCUT2D eigenvalue weighted by Crippen LogP contribution is -2.38. The highest BCUT2D eigenvalue weighted by atomic mass is 16.3. The first-order valence-corrected chi connectivity index (χ1v) is 4.45. The molecule has 0 aromatic rings. The molecule has 0 saturated heterocycles. The second-order valence-corrected chi connectivity index (χ2v) is 3.93. The van der Waals surface area contributed by atoms with Gasteiger partial charge in [0, 0.05) is 13.0 Å². The molecule has 0 aliphatic rings. The number of nitrogens with one attached hydrogen (secondary N) is 1. The highest BCUT2D eigenvalue weighted by Gasteiger charge is 2.27. The molecule has 0 aromatic carbocycles. The SMILES string of the molecule is CNC[C@@H](O)C[C@@](C)(O)C(C)C. The van der Waals surface area contributed by atoms with E-state index < -0.39 is 11.7 Å². The quantitative estimate of drug-likeness (QED) is 0.565. The van der Waals surface area contributed by atoms with E-state index in [1.165, 1.54) is 0 Å². The molecule has 0 saturated carbocycles. The molecule has 0 unspecified atom stereocenters. The Labute approximate surface area is 74.8 Å². The van der Waals surface area contributed by atoms with Gasteiger partial charge >= 0.3 is 0 Å². The van der Waals surface area contributed by atoms with Crippen molar-refractivity contribution in [3.63, 3.8) is 0 Å². The molecule has 0 heterocycles. The van der Waals surface area contributed by atoms with Crippen LogP contribution in [0.4, 0.5) is 0 Å². The smallest absolute Gasteiger partial charge is 0.0691 e. The van der Waals surface area contributed by atoms with Gasteiger partial charge < -0.3 is 15.5 Å². The van der Waals surface area contributed by atoms with Crippen molar-refractivity contribution < 1.29 is 10.2 Å². The molecule has 12 heavy (non-hydrogen) atoms. The number of hydrogen-bond donors (Lipinski definition) is 3. The van der Waals surface area contributed by atoms with Crippen LogP contribution in [0.15, 0.2) is 0 Å². The van der Waals surface area contributed by atoms with Crippen LogP contribution in [0, 0.1) is 5.92 Å². The minimum Gasteiger partial charge on any atom is -0.392 e. The molecule has 0 rings (SSSR count). The van der Waals surface area contributed by atoms with E-state index in [1.807, 2.05) is 13.8 Å². The van der Waals surface area contributed by atoms with Crippen LogP contribution in [0.1, 0.15) is 27.2 Å². The highest BCUT2D eigenvalue weighted by molar-refractivity contribution is 4.80. The van der Waals surface area contributed by atoms with Crippen LogP contribution in [0.5, 0.6) is 0 Å². The van der Waals surface area contributed by atoms with Gasteiger partial charge in [-0.3, -0.25) is 0 Å². The average Bonchev–Trinajstić information content (AvgIpc) is 1.85. The van der Waals surface area contributed by atoms with E-state index in [4.69, 9.17) is 0 Å². The minimum atomic E-state index is -0.768. The van der Waals surface area contributed by atoms with Crippen LogP contribution >= 0.6 is 0 Å². The number of aliphatic hydroxyl groups is 2. The van der Waals surface area contributed by atoms with Crippen LogP contribution in [0.2, 0.25) is 0 Å². The largest absolute Gasteiger partial charge is 0.392 e. The summed E-state index contributed by atoms with van der Waals surface area (Å²) in [5, 5.41) is 22.1. The zero-order chi connectivity index (χ0) is 9.78. The van der Waals surface area contributed by atoms with Gasteiger partial charge in [-0.25, -0.2) is 0 Å². The molecule has 0 amide bonds. The summed E-state index contributed by atoms with van der Waals surface area (Å²) in [6, 6.07) is 0. The standard InChI is InChI=1S/C9H21NO2/c1-7(2)9(3,12)5-8(11)6-10-4/h7-8,10-12H,5-6H2,1-4H3/t8-,9+/m0/s1. The van der Waals surface area contributed by atoms with Crippen molar-refractivity contribution in [3.8, 4) is 0 Å². The molecular weight excluding hydrogens is 154 g/mol. The first kappa shape index (κ1) is 11.9. The van der Waals surface area contributed by atoms with E-state index >= 15 is 0 Å². The summed E-state index contributed by atoms with van der Waals surface area (Å²) >= 11 is 0. The first-order chi connectivity index (χ1) is 5.40. The van der Waals surface area contributed by atoms with E-state index in [0.29, 0.717) is 13.0 Å². The normalized spacial score (nSPS) is 19.2. The molecule has 0 spiro atoms. The van der Waals surface area contributed by atoms with Crippen molar-refractivity contribution in [2.45, 2.75) is 38.9 Å². The first-order valence-electron chi connectivity index (χ1n) is 4.45. The van der Waals surface area contributed by atoms with Gasteiger partial charge in [-0.1, -0.05) is 13.8 Å². The van der Waals surface area contributed by atoms with Crippen LogP contribution in [0.3, 0.4) is 0 Å². The predicted molar refractivity (Wildman–Crippen MR) is 50.0 cm³/mol. The van der Waals surface area contributed by atoms with E-state index in [2.05, 4.69) is 5.32 Å². The molecule has 3 heteroatoms. The third kappa shape index (κ3) is 4.04. The molecular formula is C9H21NO2.